The van der Waals surface area contributed by atoms with Gasteiger partial charge in [-0.15, -0.1) is 0 Å². The summed E-state index contributed by atoms with van der Waals surface area (Å²) < 4.78 is 56.4. The van der Waals surface area contributed by atoms with Crippen LogP contribution in [0.3, 0.4) is 0 Å². The lowest BCUT2D eigenvalue weighted by Gasteiger charge is -2.08. The van der Waals surface area contributed by atoms with E-state index in [1.165, 1.54) is 0 Å². The number of rotatable bonds is 4. The number of nitrogens with two attached hydrogens (primary N) is 1. The minimum atomic E-state index is -4.61. The van der Waals surface area contributed by atoms with Crippen molar-refractivity contribution in [3.8, 4) is 28.5 Å². The summed E-state index contributed by atoms with van der Waals surface area (Å²) in [5.74, 6) is -2.84. The molecule has 7 nitrogen and oxygen atoms in total. The van der Waals surface area contributed by atoms with Gasteiger partial charge in [0, 0.05) is 5.56 Å². The van der Waals surface area contributed by atoms with Crippen molar-refractivity contribution in [1.82, 2.24) is 5.16 Å². The minimum Gasteiger partial charge on any atom is -0.388 e. The largest absolute Gasteiger partial charge is 0.388 e. The van der Waals surface area contributed by atoms with Gasteiger partial charge in [-0.05, 0) is 42.3 Å². The molecule has 0 amide bonds. The highest BCUT2D eigenvalue weighted by Crippen LogP contribution is 2.37. The summed E-state index contributed by atoms with van der Waals surface area (Å²) in [7, 11) is -4.61. The van der Waals surface area contributed by atoms with Crippen LogP contribution in [0.1, 0.15) is 16.9 Å². The Balaban J connectivity index is 2.25. The molecule has 0 aliphatic carbocycles. The number of halogens is 2. The van der Waals surface area contributed by atoms with Crippen molar-refractivity contribution in [3.05, 3.63) is 58.9 Å². The van der Waals surface area contributed by atoms with Gasteiger partial charge in [-0.2, -0.15) is 5.26 Å². The normalized spacial score (nSPS) is 11.4. The van der Waals surface area contributed by atoms with E-state index in [9.17, 15) is 22.3 Å². The standard InChI is InChI=1S/C18H13F2N3O4S/c1-9-4-10(2-3-11(9)7-21)17-16(15(8-24)27-23-17)12-5-13(19)18(14(20)6-12)28(22,25)26/h2-6,24H,8H2,1H3,(H2,22,25,26). The number of aliphatic hydroxyl groups excluding tert-OH is 1. The number of aliphatic hydroxyl groups is 1. The molecule has 144 valence electrons. The maximum atomic E-state index is 14.3. The maximum Gasteiger partial charge on any atom is 0.243 e. The lowest BCUT2D eigenvalue weighted by atomic mass is 9.97. The second-order valence-corrected chi connectivity index (χ2v) is 7.44. The molecule has 3 aromatic rings. The maximum absolute atomic E-state index is 14.3. The van der Waals surface area contributed by atoms with Crippen LogP contribution < -0.4 is 5.14 Å². The number of sulfonamides is 1. The average molecular weight is 405 g/mol. The van der Waals surface area contributed by atoms with Gasteiger partial charge in [-0.3, -0.25) is 0 Å². The summed E-state index contributed by atoms with van der Waals surface area (Å²) in [4.78, 5) is -1.26. The second kappa shape index (κ2) is 7.12. The van der Waals surface area contributed by atoms with Gasteiger partial charge in [0.25, 0.3) is 0 Å². The molecule has 3 rings (SSSR count). The molecule has 0 saturated heterocycles. The molecule has 0 fully saturated rings. The number of hydrogen-bond donors (Lipinski definition) is 2. The Bertz CT molecular complexity index is 1210. The van der Waals surface area contributed by atoms with Gasteiger partial charge in [-0.1, -0.05) is 11.2 Å². The molecule has 0 bridgehead atoms. The number of aromatic nitrogens is 1. The van der Waals surface area contributed by atoms with Crippen molar-refractivity contribution < 1.29 is 26.8 Å². The number of hydrogen-bond acceptors (Lipinski definition) is 6. The van der Waals surface area contributed by atoms with Crippen LogP contribution >= 0.6 is 0 Å². The van der Waals surface area contributed by atoms with Gasteiger partial charge >= 0.3 is 0 Å². The van der Waals surface area contributed by atoms with Crippen LogP contribution in [0, 0.1) is 29.9 Å². The molecule has 2 aromatic carbocycles. The van der Waals surface area contributed by atoms with Gasteiger partial charge in [0.05, 0.1) is 17.2 Å². The first-order valence-corrected chi connectivity index (χ1v) is 9.34. The van der Waals surface area contributed by atoms with Crippen molar-refractivity contribution in [2.75, 3.05) is 0 Å². The van der Waals surface area contributed by atoms with E-state index in [1.54, 1.807) is 25.1 Å². The summed E-state index contributed by atoms with van der Waals surface area (Å²) in [6.07, 6.45) is 0. The van der Waals surface area contributed by atoms with Crippen molar-refractivity contribution >= 4 is 10.0 Å². The smallest absolute Gasteiger partial charge is 0.243 e. The van der Waals surface area contributed by atoms with Crippen LogP contribution in [0.4, 0.5) is 8.78 Å². The molecular formula is C18H13F2N3O4S. The third kappa shape index (κ3) is 3.38. The Morgan fingerprint density at radius 2 is 1.86 bits per heavy atom. The summed E-state index contributed by atoms with van der Waals surface area (Å²) in [6, 6.07) is 8.31. The van der Waals surface area contributed by atoms with Crippen LogP contribution in [-0.2, 0) is 16.6 Å². The number of nitriles is 1. The molecule has 1 aromatic heterocycles. The van der Waals surface area contributed by atoms with Crippen LogP contribution in [0.15, 0.2) is 39.8 Å². The molecule has 3 N–H and O–H groups in total. The average Bonchev–Trinajstić information content (AvgIpc) is 3.03. The lowest BCUT2D eigenvalue weighted by Crippen LogP contribution is -2.16. The zero-order valence-corrected chi connectivity index (χ0v) is 15.2. The summed E-state index contributed by atoms with van der Waals surface area (Å²) in [5.41, 5.74) is 1.72. The number of benzene rings is 2. The van der Waals surface area contributed by atoms with E-state index in [2.05, 4.69) is 5.16 Å². The van der Waals surface area contributed by atoms with E-state index in [0.29, 0.717) is 16.7 Å². The minimum absolute atomic E-state index is 0.0702. The molecule has 0 atom stereocenters. The second-order valence-electron chi connectivity index (χ2n) is 5.94. The van der Waals surface area contributed by atoms with E-state index >= 15 is 0 Å². The Kier molecular flexibility index (Phi) is 4.99. The Morgan fingerprint density at radius 3 is 2.36 bits per heavy atom. The van der Waals surface area contributed by atoms with Crippen molar-refractivity contribution in [3.63, 3.8) is 0 Å². The summed E-state index contributed by atoms with van der Waals surface area (Å²) in [6.45, 7) is 1.09. The van der Waals surface area contributed by atoms with E-state index < -0.39 is 33.2 Å². The summed E-state index contributed by atoms with van der Waals surface area (Å²) in [5, 5.41) is 27.3. The molecule has 0 unspecified atom stereocenters. The van der Waals surface area contributed by atoms with Gasteiger partial charge in [0.15, 0.2) is 10.7 Å². The lowest BCUT2D eigenvalue weighted by molar-refractivity contribution is 0.230. The van der Waals surface area contributed by atoms with Crippen LogP contribution in [0.5, 0.6) is 0 Å². The molecule has 1 heterocycles. The highest BCUT2D eigenvalue weighted by atomic mass is 32.2. The van der Waals surface area contributed by atoms with Crippen molar-refractivity contribution in [1.29, 1.82) is 5.26 Å². The topological polar surface area (TPSA) is 130 Å². The first-order valence-electron chi connectivity index (χ1n) is 7.80. The fourth-order valence-corrected chi connectivity index (χ4v) is 3.50. The molecule has 0 aliphatic rings. The van der Waals surface area contributed by atoms with Gasteiger partial charge in [0.2, 0.25) is 10.0 Å². The van der Waals surface area contributed by atoms with Crippen molar-refractivity contribution in [2.45, 2.75) is 18.4 Å². The number of nitrogens with zero attached hydrogens (tertiary/aromatic N) is 2. The van der Waals surface area contributed by atoms with Crippen molar-refractivity contribution in [2.24, 2.45) is 5.14 Å². The third-order valence-corrected chi connectivity index (χ3v) is 5.06. The quantitative estimate of drug-likeness (QED) is 0.686. The molecule has 10 heteroatoms. The van der Waals surface area contributed by atoms with E-state index in [4.69, 9.17) is 14.9 Å². The van der Waals surface area contributed by atoms with Crippen LogP contribution in [0.25, 0.3) is 22.4 Å². The molecule has 0 radical (unpaired) electrons. The van der Waals surface area contributed by atoms with Gasteiger partial charge < -0.3 is 9.63 Å². The summed E-state index contributed by atoms with van der Waals surface area (Å²) >= 11 is 0. The zero-order valence-electron chi connectivity index (χ0n) is 14.4. The number of primary sulfonamides is 1. The first-order chi connectivity index (χ1) is 13.2. The number of aryl methyl sites for hydroxylation is 1. The predicted octanol–water partition coefficient (Wildman–Crippen LogP) is 2.61. The Hall–Kier alpha value is -3.13. The van der Waals surface area contributed by atoms with Gasteiger partial charge in [-0.25, -0.2) is 22.3 Å². The van der Waals surface area contributed by atoms with E-state index in [-0.39, 0.29) is 22.6 Å². The molecule has 0 spiro atoms. The molecule has 0 saturated carbocycles. The fraction of sp³-hybridized carbons (Fsp3) is 0.111. The Morgan fingerprint density at radius 1 is 1.21 bits per heavy atom. The van der Waals surface area contributed by atoms with Crippen LogP contribution in [-0.4, -0.2) is 18.7 Å². The van der Waals surface area contributed by atoms with Gasteiger partial charge in [0.1, 0.15) is 23.9 Å². The molecular weight excluding hydrogens is 392 g/mol. The predicted molar refractivity (Wildman–Crippen MR) is 94.0 cm³/mol. The first kappa shape index (κ1) is 19.6. The molecule has 28 heavy (non-hydrogen) atoms. The zero-order chi connectivity index (χ0) is 20.6. The highest BCUT2D eigenvalue weighted by Gasteiger charge is 2.25. The third-order valence-electron chi connectivity index (χ3n) is 4.10. The monoisotopic (exact) mass is 405 g/mol. The van der Waals surface area contributed by atoms with E-state index in [1.807, 2.05) is 6.07 Å². The van der Waals surface area contributed by atoms with Crippen LogP contribution in [0.2, 0.25) is 0 Å². The SMILES string of the molecule is Cc1cc(-c2noc(CO)c2-c2cc(F)c(S(N)(=O)=O)c(F)c2)ccc1C#N. The highest BCUT2D eigenvalue weighted by molar-refractivity contribution is 7.89. The van der Waals surface area contributed by atoms with E-state index in [0.717, 1.165) is 12.1 Å². The Labute approximate surface area is 158 Å². The molecule has 0 aliphatic heterocycles. The fourth-order valence-electron chi connectivity index (χ4n) is 2.84.